The van der Waals surface area contributed by atoms with Gasteiger partial charge in [0.25, 0.3) is 0 Å². The smallest absolute Gasteiger partial charge is 0.139 e. The predicted octanol–water partition coefficient (Wildman–Crippen LogP) is 1.77. The van der Waals surface area contributed by atoms with Gasteiger partial charge in [-0.05, 0) is 25.2 Å². The highest BCUT2D eigenvalue weighted by molar-refractivity contribution is 5.87. The largest absolute Gasteiger partial charge is 0.299 e. The Kier molecular flexibility index (Phi) is 0.842. The molecule has 50 valence electrons. The number of hydrogen-bond donors (Lipinski definition) is 0. The van der Waals surface area contributed by atoms with Gasteiger partial charge in [0.2, 0.25) is 0 Å². The van der Waals surface area contributed by atoms with Crippen LogP contribution in [0.4, 0.5) is 0 Å². The van der Waals surface area contributed by atoms with E-state index in [1.807, 2.05) is 0 Å². The Morgan fingerprint density at radius 1 is 1.67 bits per heavy atom. The second kappa shape index (κ2) is 1.39. The van der Waals surface area contributed by atoms with Gasteiger partial charge in [0, 0.05) is 11.8 Å². The number of Topliss-reactive ketones (excluding diaryl/α,β-unsaturated/α-hetero) is 1. The quantitative estimate of drug-likeness (QED) is 0.481. The highest BCUT2D eigenvalue weighted by Crippen LogP contribution is 2.50. The summed E-state index contributed by atoms with van der Waals surface area (Å²) in [5, 5.41) is 0. The van der Waals surface area contributed by atoms with E-state index in [0.717, 1.165) is 18.8 Å². The fraction of sp³-hybridized carbons (Fsp3) is 0.875. The van der Waals surface area contributed by atoms with Gasteiger partial charge >= 0.3 is 0 Å². The van der Waals surface area contributed by atoms with Gasteiger partial charge in [0.15, 0.2) is 0 Å². The first kappa shape index (κ1) is 5.45. The van der Waals surface area contributed by atoms with Crippen LogP contribution in [0.3, 0.4) is 0 Å². The van der Waals surface area contributed by atoms with Crippen molar-refractivity contribution in [2.24, 2.45) is 11.3 Å². The average Bonchev–Trinajstić information content (AvgIpc) is 2.22. The van der Waals surface area contributed by atoms with Gasteiger partial charge in [-0.3, -0.25) is 4.79 Å². The van der Waals surface area contributed by atoms with Gasteiger partial charge in [-0.15, -0.1) is 0 Å². The van der Waals surface area contributed by atoms with Crippen molar-refractivity contribution in [1.29, 1.82) is 0 Å². The van der Waals surface area contributed by atoms with Gasteiger partial charge in [0.1, 0.15) is 5.78 Å². The molecule has 1 nitrogen and oxygen atoms in total. The summed E-state index contributed by atoms with van der Waals surface area (Å²) in [5.41, 5.74) is 0.130. The Hall–Kier alpha value is -0.330. The molecule has 0 amide bonds. The van der Waals surface area contributed by atoms with Crippen molar-refractivity contribution in [2.45, 2.75) is 32.6 Å². The van der Waals surface area contributed by atoms with Gasteiger partial charge in [0.05, 0.1) is 0 Å². The van der Waals surface area contributed by atoms with E-state index in [1.165, 1.54) is 12.8 Å². The van der Waals surface area contributed by atoms with Crippen molar-refractivity contribution < 1.29 is 4.79 Å². The van der Waals surface area contributed by atoms with Gasteiger partial charge in [-0.1, -0.05) is 6.92 Å². The van der Waals surface area contributed by atoms with Crippen LogP contribution in [0.25, 0.3) is 0 Å². The summed E-state index contributed by atoms with van der Waals surface area (Å²) in [4.78, 5) is 11.2. The zero-order valence-electron chi connectivity index (χ0n) is 5.81. The molecular weight excluding hydrogens is 112 g/mol. The van der Waals surface area contributed by atoms with Crippen LogP contribution in [0.5, 0.6) is 0 Å². The molecule has 0 spiro atoms. The van der Waals surface area contributed by atoms with Crippen LogP contribution in [0.1, 0.15) is 32.6 Å². The Labute approximate surface area is 55.4 Å². The second-order valence-electron chi connectivity index (χ2n) is 3.80. The SMILES string of the molecule is C[C@]12CC[C@H](CC1=O)C2. The lowest BCUT2D eigenvalue weighted by Crippen LogP contribution is -2.20. The van der Waals surface area contributed by atoms with Crippen molar-refractivity contribution in [2.75, 3.05) is 0 Å². The molecule has 2 aliphatic rings. The third-order valence-electron chi connectivity index (χ3n) is 2.99. The van der Waals surface area contributed by atoms with Crippen LogP contribution in [0.15, 0.2) is 0 Å². The van der Waals surface area contributed by atoms with Crippen molar-refractivity contribution >= 4 is 5.78 Å². The molecule has 0 radical (unpaired) electrons. The minimum Gasteiger partial charge on any atom is -0.299 e. The van der Waals surface area contributed by atoms with E-state index < -0.39 is 0 Å². The molecule has 2 fully saturated rings. The lowest BCUT2D eigenvalue weighted by molar-refractivity contribution is -0.126. The van der Waals surface area contributed by atoms with Crippen LogP contribution in [0.2, 0.25) is 0 Å². The molecule has 0 aromatic rings. The van der Waals surface area contributed by atoms with Crippen LogP contribution in [-0.4, -0.2) is 5.78 Å². The highest BCUT2D eigenvalue weighted by atomic mass is 16.1. The van der Waals surface area contributed by atoms with Gasteiger partial charge < -0.3 is 0 Å². The molecule has 0 aliphatic heterocycles. The third-order valence-corrected chi connectivity index (χ3v) is 2.99. The van der Waals surface area contributed by atoms with E-state index >= 15 is 0 Å². The summed E-state index contributed by atoms with van der Waals surface area (Å²) in [5.74, 6) is 1.29. The molecule has 1 heteroatoms. The van der Waals surface area contributed by atoms with E-state index in [-0.39, 0.29) is 5.41 Å². The summed E-state index contributed by atoms with van der Waals surface area (Å²) in [7, 11) is 0. The topological polar surface area (TPSA) is 17.1 Å². The minimum atomic E-state index is 0.130. The first-order valence-electron chi connectivity index (χ1n) is 3.74. The maximum absolute atomic E-state index is 11.2. The number of ketones is 1. The Morgan fingerprint density at radius 2 is 2.44 bits per heavy atom. The fourth-order valence-electron chi connectivity index (χ4n) is 2.30. The number of fused-ring (bicyclic) bond motifs is 2. The lowest BCUT2D eigenvalue weighted by atomic mass is 9.86. The second-order valence-corrected chi connectivity index (χ2v) is 3.80. The van der Waals surface area contributed by atoms with E-state index in [4.69, 9.17) is 0 Å². The predicted molar refractivity (Wildman–Crippen MR) is 35.1 cm³/mol. The Morgan fingerprint density at radius 3 is 2.67 bits per heavy atom. The summed E-state index contributed by atoms with van der Waals surface area (Å²) < 4.78 is 0. The summed E-state index contributed by atoms with van der Waals surface area (Å²) in [6, 6.07) is 0. The molecule has 0 saturated heterocycles. The van der Waals surface area contributed by atoms with Crippen LogP contribution in [-0.2, 0) is 4.79 Å². The van der Waals surface area contributed by atoms with Gasteiger partial charge in [-0.2, -0.15) is 0 Å². The van der Waals surface area contributed by atoms with Crippen molar-refractivity contribution in [1.82, 2.24) is 0 Å². The monoisotopic (exact) mass is 124 g/mol. The first-order chi connectivity index (χ1) is 4.21. The highest BCUT2D eigenvalue weighted by Gasteiger charge is 2.47. The maximum atomic E-state index is 11.2. The molecule has 0 aromatic carbocycles. The fourth-order valence-corrected chi connectivity index (χ4v) is 2.30. The summed E-state index contributed by atoms with van der Waals surface area (Å²) >= 11 is 0. The summed E-state index contributed by atoms with van der Waals surface area (Å²) in [6.45, 7) is 2.13. The molecule has 9 heavy (non-hydrogen) atoms. The zero-order valence-corrected chi connectivity index (χ0v) is 5.81. The third kappa shape index (κ3) is 0.577. The van der Waals surface area contributed by atoms with E-state index in [1.54, 1.807) is 0 Å². The maximum Gasteiger partial charge on any atom is 0.139 e. The van der Waals surface area contributed by atoms with Crippen molar-refractivity contribution in [3.63, 3.8) is 0 Å². The number of hydrogen-bond acceptors (Lipinski definition) is 1. The van der Waals surface area contributed by atoms with Crippen LogP contribution >= 0.6 is 0 Å². The summed E-state index contributed by atoms with van der Waals surface area (Å²) in [6.07, 6.45) is 4.54. The van der Waals surface area contributed by atoms with E-state index in [0.29, 0.717) is 5.78 Å². The number of rotatable bonds is 0. The molecule has 2 atom stereocenters. The molecular formula is C8H12O. The minimum absolute atomic E-state index is 0.130. The lowest BCUT2D eigenvalue weighted by Gasteiger charge is -2.17. The molecule has 2 rings (SSSR count). The molecule has 0 unspecified atom stereocenters. The van der Waals surface area contributed by atoms with Gasteiger partial charge in [-0.25, -0.2) is 0 Å². The zero-order chi connectivity index (χ0) is 6.48. The molecule has 2 saturated carbocycles. The molecule has 0 heterocycles. The number of carbonyl (C=O) groups is 1. The van der Waals surface area contributed by atoms with Crippen molar-refractivity contribution in [3.05, 3.63) is 0 Å². The molecule has 0 aromatic heterocycles. The first-order valence-corrected chi connectivity index (χ1v) is 3.74. The molecule has 0 N–H and O–H groups in total. The van der Waals surface area contributed by atoms with E-state index in [9.17, 15) is 4.79 Å². The molecule has 2 bridgehead atoms. The van der Waals surface area contributed by atoms with E-state index in [2.05, 4.69) is 6.92 Å². The normalized spacial score (nSPS) is 48.6. The van der Waals surface area contributed by atoms with Crippen LogP contribution in [0, 0.1) is 11.3 Å². The average molecular weight is 124 g/mol. The number of carbonyl (C=O) groups excluding carboxylic acids is 1. The Balaban J connectivity index is 2.32. The molecule has 2 aliphatic carbocycles. The standard InChI is InChI=1S/C8H12O/c1-8-3-2-6(5-8)4-7(8)9/h6H,2-5H2,1H3/t6-,8-/m1/s1. The van der Waals surface area contributed by atoms with Crippen molar-refractivity contribution in [3.8, 4) is 0 Å². The Bertz CT molecular complexity index is 162. The van der Waals surface area contributed by atoms with Crippen LogP contribution < -0.4 is 0 Å².